The summed E-state index contributed by atoms with van der Waals surface area (Å²) < 4.78 is 0. The zero-order chi connectivity index (χ0) is 9.84. The number of rotatable bonds is 4. The molecule has 1 saturated carbocycles. The average Bonchev–Trinajstić information content (AvgIpc) is 2.47. The minimum Gasteiger partial charge on any atom is -0.393 e. The van der Waals surface area contributed by atoms with Gasteiger partial charge in [-0.3, -0.25) is 0 Å². The fraction of sp³-hybridized carbons (Fsp3) is 0.833. The maximum absolute atomic E-state index is 9.93. The van der Waals surface area contributed by atoms with Crippen molar-refractivity contribution in [3.8, 4) is 0 Å². The Labute approximate surface area is 81.9 Å². The van der Waals surface area contributed by atoms with Crippen molar-refractivity contribution in [3.63, 3.8) is 0 Å². The minimum absolute atomic E-state index is 0.0887. The Bertz CT molecular complexity index is 174. The molecular weight excluding hydrogens is 160 g/mol. The first kappa shape index (κ1) is 10.8. The molecule has 0 spiro atoms. The lowest BCUT2D eigenvalue weighted by Crippen LogP contribution is -2.22. The molecule has 1 fully saturated rings. The Morgan fingerprint density at radius 3 is 2.69 bits per heavy atom. The van der Waals surface area contributed by atoms with Crippen molar-refractivity contribution >= 4 is 0 Å². The number of aliphatic hydroxyl groups excluding tert-OH is 1. The molecule has 0 aromatic carbocycles. The molecule has 0 aromatic heterocycles. The number of hydrogen-bond donors (Lipinski definition) is 1. The summed E-state index contributed by atoms with van der Waals surface area (Å²) in [5.74, 6) is 1.28. The molecule has 1 heteroatoms. The van der Waals surface area contributed by atoms with Crippen molar-refractivity contribution in [2.75, 3.05) is 0 Å². The quantitative estimate of drug-likeness (QED) is 0.662. The molecule has 13 heavy (non-hydrogen) atoms. The predicted molar refractivity (Wildman–Crippen MR) is 56.6 cm³/mol. The van der Waals surface area contributed by atoms with Crippen LogP contribution in [0.5, 0.6) is 0 Å². The first-order valence-corrected chi connectivity index (χ1v) is 5.43. The number of allylic oxidation sites excluding steroid dienone is 1. The van der Waals surface area contributed by atoms with Gasteiger partial charge >= 0.3 is 0 Å². The fourth-order valence-electron chi connectivity index (χ4n) is 2.35. The van der Waals surface area contributed by atoms with Gasteiger partial charge in [-0.1, -0.05) is 25.3 Å². The third-order valence-electron chi connectivity index (χ3n) is 3.29. The standard InChI is InChI=1S/C12H22O/c1-9(2)7-8-12(13)11-6-4-5-10(11)3/h10-13H,1,4-8H2,2-3H3. The van der Waals surface area contributed by atoms with Gasteiger partial charge in [0.1, 0.15) is 0 Å². The SMILES string of the molecule is C=C(C)CCC(O)C1CCCC1C. The van der Waals surface area contributed by atoms with Crippen molar-refractivity contribution in [2.45, 2.75) is 52.1 Å². The van der Waals surface area contributed by atoms with Gasteiger partial charge in [0.2, 0.25) is 0 Å². The van der Waals surface area contributed by atoms with E-state index in [2.05, 4.69) is 13.5 Å². The molecule has 3 unspecified atom stereocenters. The summed E-state index contributed by atoms with van der Waals surface area (Å²) in [5.41, 5.74) is 1.18. The summed E-state index contributed by atoms with van der Waals surface area (Å²) in [7, 11) is 0. The van der Waals surface area contributed by atoms with Crippen molar-refractivity contribution in [1.82, 2.24) is 0 Å². The van der Waals surface area contributed by atoms with E-state index >= 15 is 0 Å². The first-order chi connectivity index (χ1) is 6.11. The average molecular weight is 182 g/mol. The second-order valence-electron chi connectivity index (χ2n) is 4.64. The molecule has 0 saturated heterocycles. The highest BCUT2D eigenvalue weighted by Crippen LogP contribution is 2.35. The third kappa shape index (κ3) is 3.15. The van der Waals surface area contributed by atoms with Crippen LogP contribution in [0.2, 0.25) is 0 Å². The molecule has 0 heterocycles. The zero-order valence-electron chi connectivity index (χ0n) is 8.92. The summed E-state index contributed by atoms with van der Waals surface area (Å²) in [6.45, 7) is 8.16. The van der Waals surface area contributed by atoms with E-state index in [4.69, 9.17) is 0 Å². The fourth-order valence-corrected chi connectivity index (χ4v) is 2.35. The van der Waals surface area contributed by atoms with Gasteiger partial charge in [0, 0.05) is 0 Å². The molecule has 3 atom stereocenters. The van der Waals surface area contributed by atoms with Crippen molar-refractivity contribution in [3.05, 3.63) is 12.2 Å². The van der Waals surface area contributed by atoms with E-state index in [0.717, 1.165) is 18.8 Å². The molecule has 0 bridgehead atoms. The molecule has 1 nitrogen and oxygen atoms in total. The highest BCUT2D eigenvalue weighted by atomic mass is 16.3. The monoisotopic (exact) mass is 182 g/mol. The van der Waals surface area contributed by atoms with E-state index in [1.165, 1.54) is 24.8 Å². The molecule has 0 aliphatic heterocycles. The second-order valence-corrected chi connectivity index (χ2v) is 4.64. The Kier molecular flexibility index (Phi) is 3.98. The van der Waals surface area contributed by atoms with Crippen LogP contribution in [0.4, 0.5) is 0 Å². The second kappa shape index (κ2) is 4.80. The smallest absolute Gasteiger partial charge is 0.0574 e. The van der Waals surface area contributed by atoms with Crippen LogP contribution < -0.4 is 0 Å². The van der Waals surface area contributed by atoms with E-state index in [9.17, 15) is 5.11 Å². The van der Waals surface area contributed by atoms with Gasteiger partial charge in [0.05, 0.1) is 6.10 Å². The zero-order valence-corrected chi connectivity index (χ0v) is 8.92. The minimum atomic E-state index is -0.0887. The largest absolute Gasteiger partial charge is 0.393 e. The normalized spacial score (nSPS) is 30.4. The molecule has 0 aromatic rings. The molecule has 76 valence electrons. The van der Waals surface area contributed by atoms with Crippen LogP contribution in [0.3, 0.4) is 0 Å². The summed E-state index contributed by atoms with van der Waals surface area (Å²) in [6.07, 6.45) is 5.62. The summed E-state index contributed by atoms with van der Waals surface area (Å²) in [6, 6.07) is 0. The lowest BCUT2D eigenvalue weighted by Gasteiger charge is -2.22. The van der Waals surface area contributed by atoms with Gasteiger partial charge in [0.15, 0.2) is 0 Å². The van der Waals surface area contributed by atoms with E-state index in [1.54, 1.807) is 0 Å². The van der Waals surface area contributed by atoms with Gasteiger partial charge < -0.3 is 5.11 Å². The molecule has 0 radical (unpaired) electrons. The van der Waals surface area contributed by atoms with Crippen LogP contribution in [0.15, 0.2) is 12.2 Å². The Morgan fingerprint density at radius 1 is 1.54 bits per heavy atom. The highest BCUT2D eigenvalue weighted by molar-refractivity contribution is 4.90. The molecule has 0 amide bonds. The van der Waals surface area contributed by atoms with Crippen LogP contribution in [0.1, 0.15) is 46.0 Å². The van der Waals surface area contributed by atoms with E-state index in [0.29, 0.717) is 5.92 Å². The first-order valence-electron chi connectivity index (χ1n) is 5.43. The Balaban J connectivity index is 2.29. The van der Waals surface area contributed by atoms with E-state index < -0.39 is 0 Å². The molecule has 1 rings (SSSR count). The van der Waals surface area contributed by atoms with Crippen molar-refractivity contribution in [1.29, 1.82) is 0 Å². The molecule has 1 aliphatic rings. The molecule has 1 N–H and O–H groups in total. The van der Waals surface area contributed by atoms with Crippen LogP contribution >= 0.6 is 0 Å². The van der Waals surface area contributed by atoms with Crippen LogP contribution in [0.25, 0.3) is 0 Å². The number of hydrogen-bond acceptors (Lipinski definition) is 1. The van der Waals surface area contributed by atoms with Gasteiger partial charge in [-0.15, -0.1) is 6.58 Å². The van der Waals surface area contributed by atoms with Crippen LogP contribution in [-0.2, 0) is 0 Å². The summed E-state index contributed by atoms with van der Waals surface area (Å²) in [5, 5.41) is 9.93. The highest BCUT2D eigenvalue weighted by Gasteiger charge is 2.29. The third-order valence-corrected chi connectivity index (χ3v) is 3.29. The summed E-state index contributed by atoms with van der Waals surface area (Å²) in [4.78, 5) is 0. The summed E-state index contributed by atoms with van der Waals surface area (Å²) >= 11 is 0. The Morgan fingerprint density at radius 2 is 2.23 bits per heavy atom. The van der Waals surface area contributed by atoms with E-state index in [1.807, 2.05) is 6.92 Å². The van der Waals surface area contributed by atoms with Gasteiger partial charge in [0.25, 0.3) is 0 Å². The predicted octanol–water partition coefficient (Wildman–Crippen LogP) is 3.14. The number of aliphatic hydroxyl groups is 1. The topological polar surface area (TPSA) is 20.2 Å². The van der Waals surface area contributed by atoms with Crippen LogP contribution in [0, 0.1) is 11.8 Å². The van der Waals surface area contributed by atoms with Gasteiger partial charge in [-0.25, -0.2) is 0 Å². The van der Waals surface area contributed by atoms with Gasteiger partial charge in [-0.2, -0.15) is 0 Å². The Hall–Kier alpha value is -0.300. The lowest BCUT2D eigenvalue weighted by molar-refractivity contribution is 0.0822. The van der Waals surface area contributed by atoms with Crippen molar-refractivity contribution in [2.24, 2.45) is 11.8 Å². The lowest BCUT2D eigenvalue weighted by atomic mass is 9.89. The maximum Gasteiger partial charge on any atom is 0.0574 e. The van der Waals surface area contributed by atoms with Gasteiger partial charge in [-0.05, 0) is 38.0 Å². The molecule has 1 aliphatic carbocycles. The van der Waals surface area contributed by atoms with Crippen LogP contribution in [-0.4, -0.2) is 11.2 Å². The van der Waals surface area contributed by atoms with Crippen molar-refractivity contribution < 1.29 is 5.11 Å². The molecular formula is C12H22O. The van der Waals surface area contributed by atoms with E-state index in [-0.39, 0.29) is 6.10 Å². The maximum atomic E-state index is 9.93.